The van der Waals surface area contributed by atoms with Gasteiger partial charge >= 0.3 is 5.97 Å². The lowest BCUT2D eigenvalue weighted by Gasteiger charge is -2.28. The first-order valence-corrected chi connectivity index (χ1v) is 12.9. The predicted molar refractivity (Wildman–Crippen MR) is 156 cm³/mol. The molecular formula is C30H31N5O2S. The molecule has 38 heavy (non-hydrogen) atoms. The molecule has 0 radical (unpaired) electrons. The molecule has 2 N–H and O–H groups in total. The molecular weight excluding hydrogens is 494 g/mol. The first-order chi connectivity index (χ1) is 18.2. The summed E-state index contributed by atoms with van der Waals surface area (Å²) in [4.78, 5) is 20.6. The van der Waals surface area contributed by atoms with Gasteiger partial charge < -0.3 is 24.8 Å². The van der Waals surface area contributed by atoms with Gasteiger partial charge in [0.1, 0.15) is 0 Å². The molecule has 7 nitrogen and oxygen atoms in total. The molecule has 4 aromatic rings. The zero-order valence-corrected chi connectivity index (χ0v) is 23.0. The Bertz CT molecular complexity index is 1510. The van der Waals surface area contributed by atoms with Crippen molar-refractivity contribution in [1.82, 2.24) is 14.9 Å². The molecule has 194 valence electrons. The topological polar surface area (TPSA) is 73.6 Å². The maximum atomic E-state index is 11.7. The average molecular weight is 526 g/mol. The Morgan fingerprint density at radius 2 is 1.76 bits per heavy atom. The van der Waals surface area contributed by atoms with Gasteiger partial charge in [-0.3, -0.25) is 4.98 Å². The van der Waals surface area contributed by atoms with Gasteiger partial charge in [-0.25, -0.2) is 4.79 Å². The smallest absolute Gasteiger partial charge is 0.335 e. The first-order valence-electron chi connectivity index (χ1n) is 12.5. The second-order valence-electron chi connectivity index (χ2n) is 9.88. The number of carbonyl (C=O) groups is 1. The molecule has 0 bridgehead atoms. The summed E-state index contributed by atoms with van der Waals surface area (Å²) in [6.07, 6.45) is 1.80. The Morgan fingerprint density at radius 1 is 1.03 bits per heavy atom. The summed E-state index contributed by atoms with van der Waals surface area (Å²) >= 11 is 5.91. The van der Waals surface area contributed by atoms with E-state index in [9.17, 15) is 9.90 Å². The van der Waals surface area contributed by atoms with Crippen LogP contribution < -0.4 is 15.1 Å². The van der Waals surface area contributed by atoms with Crippen LogP contribution in [0.4, 0.5) is 11.4 Å². The summed E-state index contributed by atoms with van der Waals surface area (Å²) in [6, 6.07) is 21.4. The summed E-state index contributed by atoms with van der Waals surface area (Å²) in [5, 5.41) is 13.8. The molecule has 3 heterocycles. The normalized spacial score (nSPS) is 17.0. The third-order valence-electron chi connectivity index (χ3n) is 7.23. The zero-order chi connectivity index (χ0) is 27.1. The number of carboxylic acid groups (broad SMARTS) is 1. The van der Waals surface area contributed by atoms with Gasteiger partial charge in [-0.2, -0.15) is 0 Å². The van der Waals surface area contributed by atoms with Crippen molar-refractivity contribution >= 4 is 34.7 Å². The van der Waals surface area contributed by atoms with Gasteiger partial charge in [0.2, 0.25) is 0 Å². The number of aromatic carboxylic acids is 1. The second kappa shape index (κ2) is 9.95. The highest BCUT2D eigenvalue weighted by Gasteiger charge is 2.42. The monoisotopic (exact) mass is 525 g/mol. The molecule has 1 saturated heterocycles. The van der Waals surface area contributed by atoms with E-state index in [1.807, 2.05) is 45.3 Å². The summed E-state index contributed by atoms with van der Waals surface area (Å²) in [6.45, 7) is 6.14. The molecule has 2 aromatic heterocycles. The number of aryl methyl sites for hydroxylation is 2. The SMILES string of the molecule is Cc1ccc(C(=O)O)cc1-n1c(C)cc([C@@H]2[C@H](c3ccccn3)NC(=S)N2c2ccc(N(C)C)cc2)c1C. The van der Waals surface area contributed by atoms with Crippen molar-refractivity contribution in [2.75, 3.05) is 23.9 Å². The van der Waals surface area contributed by atoms with Crippen molar-refractivity contribution in [3.8, 4) is 5.69 Å². The molecule has 8 heteroatoms. The van der Waals surface area contributed by atoms with E-state index in [1.54, 1.807) is 18.3 Å². The van der Waals surface area contributed by atoms with E-state index < -0.39 is 5.97 Å². The van der Waals surface area contributed by atoms with Crippen molar-refractivity contribution in [3.63, 3.8) is 0 Å². The highest BCUT2D eigenvalue weighted by Crippen LogP contribution is 2.44. The minimum absolute atomic E-state index is 0.162. The molecule has 0 amide bonds. The molecule has 0 unspecified atom stereocenters. The Kier molecular flexibility index (Phi) is 6.67. The minimum Gasteiger partial charge on any atom is -0.478 e. The molecule has 1 aliphatic rings. The number of aromatic nitrogens is 2. The standard InChI is InChI=1S/C30H31N5O2S/c1-18-9-10-21(29(36)37)17-26(18)34-19(2)16-24(20(34)3)28-27(25-8-6-7-15-31-25)32-30(38)35(28)23-13-11-22(12-14-23)33(4)5/h6-17,27-28H,1-5H3,(H,32,38)(H,36,37)/t27-,28+/m0/s1. The van der Waals surface area contributed by atoms with Gasteiger partial charge in [0.25, 0.3) is 0 Å². The number of carboxylic acids is 1. The third kappa shape index (κ3) is 4.41. The van der Waals surface area contributed by atoms with Gasteiger partial charge in [0.15, 0.2) is 5.11 Å². The van der Waals surface area contributed by atoms with Crippen LogP contribution in [0.3, 0.4) is 0 Å². The largest absolute Gasteiger partial charge is 0.478 e. The van der Waals surface area contributed by atoms with Gasteiger partial charge in [-0.15, -0.1) is 0 Å². The Balaban J connectivity index is 1.68. The molecule has 0 saturated carbocycles. The van der Waals surface area contributed by atoms with Crippen LogP contribution >= 0.6 is 12.2 Å². The van der Waals surface area contributed by atoms with Gasteiger partial charge in [0, 0.05) is 48.7 Å². The van der Waals surface area contributed by atoms with Crippen molar-refractivity contribution in [2.24, 2.45) is 0 Å². The van der Waals surface area contributed by atoms with E-state index >= 15 is 0 Å². The van der Waals surface area contributed by atoms with Crippen LogP contribution in [0.15, 0.2) is 72.9 Å². The van der Waals surface area contributed by atoms with Crippen molar-refractivity contribution in [3.05, 3.63) is 107 Å². The highest BCUT2D eigenvalue weighted by atomic mass is 32.1. The molecule has 0 spiro atoms. The maximum Gasteiger partial charge on any atom is 0.335 e. The van der Waals surface area contributed by atoms with Crippen LogP contribution in [0, 0.1) is 20.8 Å². The minimum atomic E-state index is -0.943. The average Bonchev–Trinajstić information content (AvgIpc) is 3.39. The van der Waals surface area contributed by atoms with Crippen molar-refractivity contribution < 1.29 is 9.90 Å². The molecule has 1 aliphatic heterocycles. The molecule has 0 aliphatic carbocycles. The summed E-state index contributed by atoms with van der Waals surface area (Å²) in [7, 11) is 4.04. The van der Waals surface area contributed by atoms with Crippen molar-refractivity contribution in [1.29, 1.82) is 0 Å². The summed E-state index contributed by atoms with van der Waals surface area (Å²) in [5.74, 6) is -0.943. The number of pyridine rings is 1. The van der Waals surface area contributed by atoms with E-state index in [-0.39, 0.29) is 17.6 Å². The number of thiocarbonyl (C=S) groups is 1. The lowest BCUT2D eigenvalue weighted by molar-refractivity contribution is 0.0697. The zero-order valence-electron chi connectivity index (χ0n) is 22.1. The molecule has 1 fully saturated rings. The number of nitrogens with one attached hydrogen (secondary N) is 1. The van der Waals surface area contributed by atoms with E-state index in [0.29, 0.717) is 5.11 Å². The lowest BCUT2D eigenvalue weighted by atomic mass is 9.96. The number of hydrogen-bond acceptors (Lipinski definition) is 4. The Morgan fingerprint density at radius 3 is 2.39 bits per heavy atom. The fourth-order valence-electron chi connectivity index (χ4n) is 5.30. The summed E-state index contributed by atoms with van der Waals surface area (Å²) in [5.41, 5.74) is 8.27. The van der Waals surface area contributed by atoms with Crippen molar-refractivity contribution in [2.45, 2.75) is 32.9 Å². The van der Waals surface area contributed by atoms with Crippen LogP contribution in [0.5, 0.6) is 0 Å². The van der Waals surface area contributed by atoms with Gasteiger partial charge in [-0.1, -0.05) is 12.1 Å². The highest BCUT2D eigenvalue weighted by molar-refractivity contribution is 7.80. The van der Waals surface area contributed by atoms with Crippen LogP contribution in [0.2, 0.25) is 0 Å². The predicted octanol–water partition coefficient (Wildman–Crippen LogP) is 5.74. The van der Waals surface area contributed by atoms with Gasteiger partial charge in [-0.05, 0) is 98.7 Å². The van der Waals surface area contributed by atoms with Crippen LogP contribution in [-0.2, 0) is 0 Å². The molecule has 2 aromatic carbocycles. The fraction of sp³-hybridized carbons (Fsp3) is 0.233. The number of anilines is 2. The maximum absolute atomic E-state index is 11.7. The van der Waals surface area contributed by atoms with Crippen LogP contribution in [0.25, 0.3) is 5.69 Å². The van der Waals surface area contributed by atoms with E-state index in [2.05, 4.69) is 68.8 Å². The van der Waals surface area contributed by atoms with Gasteiger partial charge in [0.05, 0.1) is 23.3 Å². The molecule has 5 rings (SSSR count). The second-order valence-corrected chi connectivity index (χ2v) is 10.3. The fourth-order valence-corrected chi connectivity index (χ4v) is 5.65. The Labute approximate surface area is 228 Å². The quantitative estimate of drug-likeness (QED) is 0.311. The lowest BCUT2D eigenvalue weighted by Crippen LogP contribution is -2.29. The van der Waals surface area contributed by atoms with E-state index in [4.69, 9.17) is 12.2 Å². The van der Waals surface area contributed by atoms with E-state index in [1.165, 1.54) is 0 Å². The number of benzene rings is 2. The summed E-state index contributed by atoms with van der Waals surface area (Å²) < 4.78 is 2.14. The third-order valence-corrected chi connectivity index (χ3v) is 7.54. The number of rotatable bonds is 6. The van der Waals surface area contributed by atoms with E-state index in [0.717, 1.165) is 45.3 Å². The van der Waals surface area contributed by atoms with Crippen LogP contribution in [0.1, 0.15) is 50.7 Å². The number of hydrogen-bond donors (Lipinski definition) is 2. The Hall–Kier alpha value is -4.17. The first kappa shape index (κ1) is 25.5. The molecule has 2 atom stereocenters. The van der Waals surface area contributed by atoms with Crippen LogP contribution in [-0.4, -0.2) is 39.8 Å². The number of nitrogens with zero attached hydrogens (tertiary/aromatic N) is 4.